The number of aryl methyl sites for hydroxylation is 1. The van der Waals surface area contributed by atoms with E-state index in [4.69, 9.17) is 4.74 Å². The zero-order valence-corrected chi connectivity index (χ0v) is 13.3. The molecule has 0 radical (unpaired) electrons. The summed E-state index contributed by atoms with van der Waals surface area (Å²) in [7, 11) is 1.37. The molecule has 2 aromatic rings. The number of methoxy groups -OCH3 is 1. The third kappa shape index (κ3) is 2.06. The van der Waals surface area contributed by atoms with Crippen LogP contribution in [0.15, 0.2) is 30.5 Å². The van der Waals surface area contributed by atoms with E-state index in [-0.39, 0.29) is 5.91 Å². The van der Waals surface area contributed by atoms with Gasteiger partial charge in [-0.15, -0.1) is 0 Å². The molecule has 4 heteroatoms. The molecule has 0 amide bonds. The SMILES string of the molecule is COC(=O)c1c(-c2ccc(C)cc2)cn2c1CC(C)(C)C2=O. The van der Waals surface area contributed by atoms with Crippen LogP contribution in [0.5, 0.6) is 0 Å². The first-order valence-electron chi connectivity index (χ1n) is 7.29. The van der Waals surface area contributed by atoms with Gasteiger partial charge in [-0.05, 0) is 12.5 Å². The van der Waals surface area contributed by atoms with Crippen LogP contribution >= 0.6 is 0 Å². The van der Waals surface area contributed by atoms with Gasteiger partial charge in [-0.25, -0.2) is 4.79 Å². The number of rotatable bonds is 2. The van der Waals surface area contributed by atoms with Crippen molar-refractivity contribution in [1.82, 2.24) is 4.57 Å². The smallest absolute Gasteiger partial charge is 0.340 e. The van der Waals surface area contributed by atoms with Gasteiger partial charge in [-0.3, -0.25) is 9.36 Å². The van der Waals surface area contributed by atoms with Gasteiger partial charge in [0.1, 0.15) is 0 Å². The van der Waals surface area contributed by atoms with E-state index in [1.54, 1.807) is 10.8 Å². The van der Waals surface area contributed by atoms with Gasteiger partial charge in [0.25, 0.3) is 0 Å². The monoisotopic (exact) mass is 297 g/mol. The second kappa shape index (κ2) is 4.83. The van der Waals surface area contributed by atoms with Crippen LogP contribution in [0, 0.1) is 12.3 Å². The van der Waals surface area contributed by atoms with Gasteiger partial charge in [0.15, 0.2) is 0 Å². The molecular formula is C18H19NO3. The summed E-state index contributed by atoms with van der Waals surface area (Å²) >= 11 is 0. The van der Waals surface area contributed by atoms with Crippen LogP contribution in [-0.4, -0.2) is 23.6 Å². The van der Waals surface area contributed by atoms with Crippen molar-refractivity contribution >= 4 is 11.9 Å². The van der Waals surface area contributed by atoms with Crippen LogP contribution in [0.2, 0.25) is 0 Å². The lowest BCUT2D eigenvalue weighted by atomic mass is 9.88. The van der Waals surface area contributed by atoms with E-state index in [0.29, 0.717) is 12.0 Å². The van der Waals surface area contributed by atoms with E-state index in [1.807, 2.05) is 45.0 Å². The predicted octanol–water partition coefficient (Wildman–Crippen LogP) is 3.47. The third-order valence-corrected chi connectivity index (χ3v) is 4.27. The summed E-state index contributed by atoms with van der Waals surface area (Å²) in [6, 6.07) is 7.90. The molecule has 2 heterocycles. The molecule has 114 valence electrons. The number of nitrogens with zero attached hydrogens (tertiary/aromatic N) is 1. The van der Waals surface area contributed by atoms with Gasteiger partial charge in [0, 0.05) is 29.3 Å². The van der Waals surface area contributed by atoms with Gasteiger partial charge in [-0.1, -0.05) is 43.7 Å². The number of esters is 1. The van der Waals surface area contributed by atoms with Crippen molar-refractivity contribution < 1.29 is 14.3 Å². The number of aromatic nitrogens is 1. The van der Waals surface area contributed by atoms with E-state index < -0.39 is 11.4 Å². The Morgan fingerprint density at radius 1 is 1.23 bits per heavy atom. The number of carbonyl (C=O) groups excluding carboxylic acids is 2. The summed E-state index contributed by atoms with van der Waals surface area (Å²) in [5.41, 5.74) is 3.59. The van der Waals surface area contributed by atoms with Crippen molar-refractivity contribution in [2.75, 3.05) is 7.11 Å². The Balaban J connectivity index is 2.21. The molecule has 0 N–H and O–H groups in total. The Hall–Kier alpha value is -2.36. The first kappa shape index (κ1) is 14.6. The van der Waals surface area contributed by atoms with Crippen LogP contribution in [0.3, 0.4) is 0 Å². The van der Waals surface area contributed by atoms with Crippen LogP contribution < -0.4 is 0 Å². The first-order valence-corrected chi connectivity index (χ1v) is 7.29. The fourth-order valence-electron chi connectivity index (χ4n) is 3.00. The van der Waals surface area contributed by atoms with E-state index >= 15 is 0 Å². The molecule has 1 aromatic carbocycles. The molecule has 0 unspecified atom stereocenters. The zero-order chi connectivity index (χ0) is 16.1. The van der Waals surface area contributed by atoms with Gasteiger partial charge in [0.2, 0.25) is 5.91 Å². The lowest BCUT2D eigenvalue weighted by Crippen LogP contribution is -2.22. The number of hydrogen-bond acceptors (Lipinski definition) is 3. The summed E-state index contributed by atoms with van der Waals surface area (Å²) in [5.74, 6) is -0.374. The van der Waals surface area contributed by atoms with E-state index in [2.05, 4.69) is 0 Å². The molecule has 0 saturated heterocycles. The Morgan fingerprint density at radius 3 is 2.45 bits per heavy atom. The average molecular weight is 297 g/mol. The Bertz CT molecular complexity index is 766. The molecule has 0 bridgehead atoms. The normalized spacial score (nSPS) is 15.7. The molecule has 4 nitrogen and oxygen atoms in total. The van der Waals surface area contributed by atoms with Gasteiger partial charge in [-0.2, -0.15) is 0 Å². The summed E-state index contributed by atoms with van der Waals surface area (Å²) in [4.78, 5) is 24.8. The van der Waals surface area contributed by atoms with Gasteiger partial charge in [0.05, 0.1) is 12.7 Å². The lowest BCUT2D eigenvalue weighted by molar-refractivity contribution is 0.0600. The molecule has 1 aliphatic rings. The van der Waals surface area contributed by atoms with Crippen molar-refractivity contribution in [2.45, 2.75) is 27.2 Å². The van der Waals surface area contributed by atoms with Crippen LogP contribution in [0.4, 0.5) is 0 Å². The summed E-state index contributed by atoms with van der Waals surface area (Å²) in [6.45, 7) is 5.81. The van der Waals surface area contributed by atoms with E-state index in [9.17, 15) is 9.59 Å². The highest BCUT2D eigenvalue weighted by Gasteiger charge is 2.41. The van der Waals surface area contributed by atoms with Crippen molar-refractivity contribution in [3.05, 3.63) is 47.3 Å². The zero-order valence-electron chi connectivity index (χ0n) is 13.3. The Kier molecular flexibility index (Phi) is 3.20. The Morgan fingerprint density at radius 2 is 1.86 bits per heavy atom. The number of fused-ring (bicyclic) bond motifs is 1. The average Bonchev–Trinajstić information content (AvgIpc) is 2.94. The highest BCUT2D eigenvalue weighted by molar-refractivity contribution is 6.02. The molecule has 22 heavy (non-hydrogen) atoms. The highest BCUT2D eigenvalue weighted by Crippen LogP contribution is 2.39. The van der Waals surface area contributed by atoms with E-state index in [0.717, 1.165) is 22.4 Å². The summed E-state index contributed by atoms with van der Waals surface area (Å²) < 4.78 is 6.56. The predicted molar refractivity (Wildman–Crippen MR) is 84.1 cm³/mol. The first-order chi connectivity index (χ1) is 10.3. The van der Waals surface area contributed by atoms with E-state index in [1.165, 1.54) is 7.11 Å². The van der Waals surface area contributed by atoms with Crippen molar-refractivity contribution in [2.24, 2.45) is 5.41 Å². The number of ether oxygens (including phenoxy) is 1. The summed E-state index contributed by atoms with van der Waals surface area (Å²) in [6.07, 6.45) is 2.31. The van der Waals surface area contributed by atoms with Gasteiger partial charge >= 0.3 is 5.97 Å². The molecule has 0 atom stereocenters. The largest absolute Gasteiger partial charge is 0.465 e. The minimum atomic E-state index is -0.482. The van der Waals surface area contributed by atoms with Crippen molar-refractivity contribution in [3.8, 4) is 11.1 Å². The molecule has 0 saturated carbocycles. The maximum absolute atomic E-state index is 12.5. The maximum Gasteiger partial charge on any atom is 0.340 e. The summed E-state index contributed by atoms with van der Waals surface area (Å²) in [5, 5.41) is 0. The molecule has 0 spiro atoms. The maximum atomic E-state index is 12.5. The molecule has 1 aromatic heterocycles. The standard InChI is InChI=1S/C18H19NO3/c1-11-5-7-12(8-6-11)13-10-19-14(15(13)16(20)22-4)9-18(2,3)17(19)21/h5-8,10H,9H2,1-4H3. The van der Waals surface area contributed by atoms with Crippen LogP contribution in [-0.2, 0) is 11.2 Å². The second-order valence-electron chi connectivity index (χ2n) is 6.46. The minimum absolute atomic E-state index is 0.0195. The molecule has 3 rings (SSSR count). The number of benzene rings is 1. The number of hydrogen-bond donors (Lipinski definition) is 0. The molecule has 1 aliphatic heterocycles. The molecule has 0 aliphatic carbocycles. The van der Waals surface area contributed by atoms with Crippen LogP contribution in [0.1, 0.15) is 40.3 Å². The molecule has 0 fully saturated rings. The van der Waals surface area contributed by atoms with Gasteiger partial charge < -0.3 is 4.74 Å². The third-order valence-electron chi connectivity index (χ3n) is 4.27. The van der Waals surface area contributed by atoms with Crippen LogP contribution in [0.25, 0.3) is 11.1 Å². The molecular weight excluding hydrogens is 278 g/mol. The van der Waals surface area contributed by atoms with Crippen molar-refractivity contribution in [1.29, 1.82) is 0 Å². The fourth-order valence-corrected chi connectivity index (χ4v) is 3.00. The minimum Gasteiger partial charge on any atom is -0.465 e. The Labute approximate surface area is 129 Å². The number of carbonyl (C=O) groups is 2. The van der Waals surface area contributed by atoms with Crippen molar-refractivity contribution in [3.63, 3.8) is 0 Å². The second-order valence-corrected chi connectivity index (χ2v) is 6.46. The topological polar surface area (TPSA) is 48.3 Å². The quantitative estimate of drug-likeness (QED) is 0.797. The lowest BCUT2D eigenvalue weighted by Gasteiger charge is -2.14. The highest BCUT2D eigenvalue weighted by atomic mass is 16.5. The fraction of sp³-hybridized carbons (Fsp3) is 0.333.